The maximum absolute atomic E-state index is 10.7. The molecule has 3 unspecified atom stereocenters. The smallest absolute Gasteiger partial charge is 0.0823 e. The van der Waals surface area contributed by atoms with Crippen molar-refractivity contribution in [3.63, 3.8) is 0 Å². The Labute approximate surface area is 111 Å². The van der Waals surface area contributed by atoms with Crippen LogP contribution in [0, 0.1) is 11.8 Å². The van der Waals surface area contributed by atoms with E-state index in [1.807, 2.05) is 0 Å². The zero-order valence-electron chi connectivity index (χ0n) is 11.9. The lowest BCUT2D eigenvalue weighted by Gasteiger charge is -2.25. The second kappa shape index (κ2) is 5.88. The van der Waals surface area contributed by atoms with Crippen molar-refractivity contribution in [3.8, 4) is 0 Å². The average Bonchev–Trinajstić information content (AvgIpc) is 2.83. The molecule has 0 radical (unpaired) electrons. The van der Waals surface area contributed by atoms with Gasteiger partial charge >= 0.3 is 0 Å². The summed E-state index contributed by atoms with van der Waals surface area (Å²) < 4.78 is 0. The van der Waals surface area contributed by atoms with Crippen LogP contribution in [0.2, 0.25) is 0 Å². The average molecular weight is 246 g/mol. The first-order valence-electron chi connectivity index (χ1n) is 7.47. The van der Waals surface area contributed by atoms with Crippen molar-refractivity contribution < 1.29 is 5.11 Å². The number of benzene rings is 1. The Morgan fingerprint density at radius 1 is 1.22 bits per heavy atom. The molecule has 1 aliphatic carbocycles. The van der Waals surface area contributed by atoms with Gasteiger partial charge in [-0.3, -0.25) is 0 Å². The molecule has 1 saturated carbocycles. The third-order valence-electron chi connectivity index (χ3n) is 4.65. The number of rotatable bonds is 4. The van der Waals surface area contributed by atoms with Gasteiger partial charge in [0.15, 0.2) is 0 Å². The standard InChI is InChI=1S/C17H26O/c1-4-13-9-10-14(5-2)16(11-13)17(18)15-8-6-7-12(15)3/h9-12,15,17-18H,4-8H2,1-3H3. The summed E-state index contributed by atoms with van der Waals surface area (Å²) in [4.78, 5) is 0. The second-order valence-corrected chi connectivity index (χ2v) is 5.76. The van der Waals surface area contributed by atoms with Crippen molar-refractivity contribution in [3.05, 3.63) is 34.9 Å². The fourth-order valence-corrected chi connectivity index (χ4v) is 3.34. The lowest BCUT2D eigenvalue weighted by Crippen LogP contribution is -2.16. The maximum atomic E-state index is 10.7. The summed E-state index contributed by atoms with van der Waals surface area (Å²) in [5, 5.41) is 10.7. The molecule has 1 aromatic rings. The highest BCUT2D eigenvalue weighted by atomic mass is 16.3. The van der Waals surface area contributed by atoms with E-state index in [9.17, 15) is 5.11 Å². The molecule has 0 bridgehead atoms. The molecule has 0 spiro atoms. The summed E-state index contributed by atoms with van der Waals surface area (Å²) in [7, 11) is 0. The number of aliphatic hydroxyl groups excluding tert-OH is 1. The van der Waals surface area contributed by atoms with Gasteiger partial charge in [0.05, 0.1) is 6.10 Å². The first-order valence-corrected chi connectivity index (χ1v) is 7.47. The molecular weight excluding hydrogens is 220 g/mol. The minimum atomic E-state index is -0.260. The number of aryl methyl sites for hydroxylation is 2. The van der Waals surface area contributed by atoms with Gasteiger partial charge in [0.1, 0.15) is 0 Å². The molecule has 1 N–H and O–H groups in total. The van der Waals surface area contributed by atoms with Crippen LogP contribution in [0.4, 0.5) is 0 Å². The Kier molecular flexibility index (Phi) is 4.45. The lowest BCUT2D eigenvalue weighted by atomic mass is 9.85. The summed E-state index contributed by atoms with van der Waals surface area (Å²) in [5.74, 6) is 1.12. The molecule has 0 aliphatic heterocycles. The molecule has 2 rings (SSSR count). The zero-order valence-corrected chi connectivity index (χ0v) is 11.9. The Hall–Kier alpha value is -0.820. The predicted octanol–water partition coefficient (Wildman–Crippen LogP) is 4.28. The van der Waals surface area contributed by atoms with Crippen molar-refractivity contribution in [2.45, 2.75) is 59.0 Å². The second-order valence-electron chi connectivity index (χ2n) is 5.76. The molecule has 1 heteroatoms. The van der Waals surface area contributed by atoms with Crippen molar-refractivity contribution in [2.24, 2.45) is 11.8 Å². The minimum absolute atomic E-state index is 0.260. The van der Waals surface area contributed by atoms with Crippen LogP contribution in [0.25, 0.3) is 0 Å². The van der Waals surface area contributed by atoms with Gasteiger partial charge in [-0.15, -0.1) is 0 Å². The molecule has 100 valence electrons. The molecule has 1 nitrogen and oxygen atoms in total. The van der Waals surface area contributed by atoms with Crippen LogP contribution in [0.3, 0.4) is 0 Å². The van der Waals surface area contributed by atoms with Crippen molar-refractivity contribution >= 4 is 0 Å². The number of hydrogen-bond acceptors (Lipinski definition) is 1. The fraction of sp³-hybridized carbons (Fsp3) is 0.647. The van der Waals surface area contributed by atoms with E-state index in [-0.39, 0.29) is 6.10 Å². The third kappa shape index (κ3) is 2.61. The largest absolute Gasteiger partial charge is 0.388 e. The summed E-state index contributed by atoms with van der Waals surface area (Å²) in [6.07, 6.45) is 5.53. The van der Waals surface area contributed by atoms with E-state index < -0.39 is 0 Å². The topological polar surface area (TPSA) is 20.2 Å². The summed E-state index contributed by atoms with van der Waals surface area (Å²) in [6, 6.07) is 6.64. The predicted molar refractivity (Wildman–Crippen MR) is 76.7 cm³/mol. The minimum Gasteiger partial charge on any atom is -0.388 e. The Balaban J connectivity index is 2.29. The molecular formula is C17H26O. The number of aliphatic hydroxyl groups is 1. The van der Waals surface area contributed by atoms with Gasteiger partial charge in [-0.25, -0.2) is 0 Å². The first-order chi connectivity index (χ1) is 8.67. The molecule has 0 amide bonds. The Bertz CT molecular complexity index is 397. The van der Waals surface area contributed by atoms with Crippen molar-refractivity contribution in [1.29, 1.82) is 0 Å². The lowest BCUT2D eigenvalue weighted by molar-refractivity contribution is 0.0892. The molecule has 0 saturated heterocycles. The summed E-state index contributed by atoms with van der Waals surface area (Å²) in [6.45, 7) is 6.64. The molecule has 3 atom stereocenters. The van der Waals surface area contributed by atoms with Crippen LogP contribution in [-0.4, -0.2) is 5.11 Å². The highest BCUT2D eigenvalue weighted by molar-refractivity contribution is 5.34. The first kappa shape index (κ1) is 13.6. The molecule has 0 heterocycles. The van der Waals surface area contributed by atoms with Gasteiger partial charge in [-0.2, -0.15) is 0 Å². The molecule has 1 aliphatic rings. The molecule has 1 fully saturated rings. The van der Waals surface area contributed by atoms with E-state index in [1.54, 1.807) is 0 Å². The highest BCUT2D eigenvalue weighted by Gasteiger charge is 2.31. The van der Waals surface area contributed by atoms with Gasteiger partial charge in [-0.1, -0.05) is 51.8 Å². The zero-order chi connectivity index (χ0) is 13.1. The summed E-state index contributed by atoms with van der Waals surface area (Å²) in [5.41, 5.74) is 3.85. The van der Waals surface area contributed by atoms with Gasteiger partial charge in [0.25, 0.3) is 0 Å². The molecule has 18 heavy (non-hydrogen) atoms. The van der Waals surface area contributed by atoms with Crippen LogP contribution in [0.5, 0.6) is 0 Å². The van der Waals surface area contributed by atoms with E-state index in [4.69, 9.17) is 0 Å². The molecule has 1 aromatic carbocycles. The quantitative estimate of drug-likeness (QED) is 0.840. The van der Waals surface area contributed by atoms with Crippen molar-refractivity contribution in [2.75, 3.05) is 0 Å². The van der Waals surface area contributed by atoms with E-state index in [0.717, 1.165) is 12.8 Å². The van der Waals surface area contributed by atoms with Crippen LogP contribution >= 0.6 is 0 Å². The monoisotopic (exact) mass is 246 g/mol. The number of hydrogen-bond donors (Lipinski definition) is 1. The van der Waals surface area contributed by atoms with Gasteiger partial charge in [-0.05, 0) is 47.8 Å². The third-order valence-corrected chi connectivity index (χ3v) is 4.65. The summed E-state index contributed by atoms with van der Waals surface area (Å²) >= 11 is 0. The van der Waals surface area contributed by atoms with Crippen LogP contribution < -0.4 is 0 Å². The maximum Gasteiger partial charge on any atom is 0.0823 e. The Morgan fingerprint density at radius 3 is 2.56 bits per heavy atom. The van der Waals surface area contributed by atoms with Crippen LogP contribution in [-0.2, 0) is 12.8 Å². The van der Waals surface area contributed by atoms with E-state index in [0.29, 0.717) is 11.8 Å². The normalized spacial score (nSPS) is 25.3. The van der Waals surface area contributed by atoms with E-state index in [2.05, 4.69) is 39.0 Å². The van der Waals surface area contributed by atoms with Crippen molar-refractivity contribution in [1.82, 2.24) is 0 Å². The van der Waals surface area contributed by atoms with Gasteiger partial charge in [0.2, 0.25) is 0 Å². The SMILES string of the molecule is CCc1ccc(CC)c(C(O)C2CCCC2C)c1. The van der Waals surface area contributed by atoms with Gasteiger partial charge in [0, 0.05) is 0 Å². The van der Waals surface area contributed by atoms with Gasteiger partial charge < -0.3 is 5.11 Å². The Morgan fingerprint density at radius 2 is 2.00 bits per heavy atom. The highest BCUT2D eigenvalue weighted by Crippen LogP contribution is 2.41. The molecule has 0 aromatic heterocycles. The van der Waals surface area contributed by atoms with Crippen LogP contribution in [0.1, 0.15) is 62.8 Å². The van der Waals surface area contributed by atoms with Crippen LogP contribution in [0.15, 0.2) is 18.2 Å². The van der Waals surface area contributed by atoms with E-state index >= 15 is 0 Å². The van der Waals surface area contributed by atoms with E-state index in [1.165, 1.54) is 36.0 Å². The fourth-order valence-electron chi connectivity index (χ4n) is 3.34.